The van der Waals surface area contributed by atoms with Gasteiger partial charge in [-0.15, -0.1) is 0 Å². The number of hydrogen-bond donors (Lipinski definition) is 0. The van der Waals surface area contributed by atoms with E-state index in [4.69, 9.17) is 11.0 Å². The van der Waals surface area contributed by atoms with Crippen molar-refractivity contribution in [1.29, 1.82) is 0 Å². The van der Waals surface area contributed by atoms with Crippen LogP contribution in [0.1, 0.15) is 47.6 Å². The zero-order valence-electron chi connectivity index (χ0n) is 24.0. The first kappa shape index (κ1) is 24.2. The lowest BCUT2D eigenvalue weighted by Crippen LogP contribution is -2.15. The van der Waals surface area contributed by atoms with Crippen LogP contribution in [0.4, 0.5) is 5.69 Å². The first-order chi connectivity index (χ1) is 21.0. The van der Waals surface area contributed by atoms with E-state index < -0.39 is 0 Å². The average Bonchev–Trinajstić information content (AvgIpc) is 3.66. The highest BCUT2D eigenvalue weighted by atomic mass is 16.3. The van der Waals surface area contributed by atoms with Crippen LogP contribution in [0.25, 0.3) is 60.2 Å². The SMILES string of the molecule is [C-]#[N+]c1ccc(C2c3ccccc3-c3ccccc32)c(-c2ccc3oc4c5c(ccc4c3c2)-c2ccccc2C5(C)C)c1. The predicted molar refractivity (Wildman–Crippen MR) is 176 cm³/mol. The molecule has 7 aromatic rings. The third-order valence-electron chi connectivity index (χ3n) is 9.78. The summed E-state index contributed by atoms with van der Waals surface area (Å²) in [4.78, 5) is 3.82. The maximum absolute atomic E-state index is 7.80. The molecule has 2 heteroatoms. The third-order valence-corrected chi connectivity index (χ3v) is 9.78. The van der Waals surface area contributed by atoms with E-state index >= 15 is 0 Å². The lowest BCUT2D eigenvalue weighted by Gasteiger charge is -2.21. The van der Waals surface area contributed by atoms with Gasteiger partial charge in [0.2, 0.25) is 0 Å². The molecule has 1 heterocycles. The minimum atomic E-state index is -0.150. The fraction of sp³-hybridized carbons (Fsp3) is 0.0976. The molecule has 2 aliphatic carbocycles. The van der Waals surface area contributed by atoms with Gasteiger partial charge in [0.05, 0.1) is 6.57 Å². The summed E-state index contributed by atoms with van der Waals surface area (Å²) < 4.78 is 6.67. The molecule has 43 heavy (non-hydrogen) atoms. The Hall–Kier alpha value is -5.39. The van der Waals surface area contributed by atoms with Gasteiger partial charge in [-0.25, -0.2) is 4.85 Å². The maximum Gasteiger partial charge on any atom is 0.187 e. The Morgan fingerprint density at radius 1 is 0.605 bits per heavy atom. The van der Waals surface area contributed by atoms with Crippen LogP contribution in [0.3, 0.4) is 0 Å². The quantitative estimate of drug-likeness (QED) is 0.196. The number of furan rings is 1. The molecule has 9 rings (SSSR count). The Morgan fingerprint density at radius 2 is 1.28 bits per heavy atom. The van der Waals surface area contributed by atoms with Crippen LogP contribution in [-0.4, -0.2) is 0 Å². The molecule has 0 unspecified atom stereocenters. The standard InChI is InChI=1S/C41H27NO/c1-41(2)36-15-9-8-12-28(36)32-19-20-33-35-22-24(16-21-37(35)43-40(33)39(32)41)34-23-25(42-3)17-18-31(34)38-29-13-6-4-10-26(29)27-11-5-7-14-30(27)38/h4-23,38H,1-2H3. The Kier molecular flexibility index (Phi) is 4.83. The summed E-state index contributed by atoms with van der Waals surface area (Å²) in [5.74, 6) is 0.0987. The molecule has 0 atom stereocenters. The summed E-state index contributed by atoms with van der Waals surface area (Å²) in [6.45, 7) is 12.4. The van der Waals surface area contributed by atoms with Gasteiger partial charge in [0.25, 0.3) is 0 Å². The Balaban J connectivity index is 1.27. The molecule has 0 saturated heterocycles. The maximum atomic E-state index is 7.80. The minimum absolute atomic E-state index is 0.0987. The van der Waals surface area contributed by atoms with Crippen LogP contribution in [0.2, 0.25) is 0 Å². The largest absolute Gasteiger partial charge is 0.456 e. The molecule has 2 aliphatic rings. The monoisotopic (exact) mass is 549 g/mol. The van der Waals surface area contributed by atoms with Gasteiger partial charge in [0.15, 0.2) is 5.69 Å². The average molecular weight is 550 g/mol. The highest BCUT2D eigenvalue weighted by molar-refractivity contribution is 6.10. The molecule has 0 spiro atoms. The smallest absolute Gasteiger partial charge is 0.187 e. The molecule has 1 aromatic heterocycles. The molecule has 0 N–H and O–H groups in total. The highest BCUT2D eigenvalue weighted by Gasteiger charge is 2.38. The molecule has 0 aliphatic heterocycles. The van der Waals surface area contributed by atoms with Gasteiger partial charge in [-0.2, -0.15) is 0 Å². The second-order valence-electron chi connectivity index (χ2n) is 12.3. The van der Waals surface area contributed by atoms with Crippen molar-refractivity contribution in [3.05, 3.63) is 161 Å². The summed E-state index contributed by atoms with van der Waals surface area (Å²) in [6.07, 6.45) is 0. The van der Waals surface area contributed by atoms with E-state index in [0.717, 1.165) is 33.1 Å². The van der Waals surface area contributed by atoms with Gasteiger partial charge in [-0.05, 0) is 79.9 Å². The van der Waals surface area contributed by atoms with E-state index in [2.05, 4.69) is 134 Å². The second kappa shape index (κ2) is 8.57. The van der Waals surface area contributed by atoms with Crippen LogP contribution in [0.5, 0.6) is 0 Å². The second-order valence-corrected chi connectivity index (χ2v) is 12.3. The van der Waals surface area contributed by atoms with E-state index in [1.807, 2.05) is 6.07 Å². The Morgan fingerprint density at radius 3 is 2.02 bits per heavy atom. The van der Waals surface area contributed by atoms with Crippen molar-refractivity contribution in [3.8, 4) is 33.4 Å². The fourth-order valence-corrected chi connectivity index (χ4v) is 7.86. The van der Waals surface area contributed by atoms with Crippen LogP contribution in [-0.2, 0) is 5.41 Å². The first-order valence-corrected chi connectivity index (χ1v) is 14.8. The van der Waals surface area contributed by atoms with Crippen LogP contribution in [0.15, 0.2) is 126 Å². The van der Waals surface area contributed by atoms with Crippen molar-refractivity contribution in [2.45, 2.75) is 25.2 Å². The molecule has 0 fully saturated rings. The van der Waals surface area contributed by atoms with E-state index in [-0.39, 0.29) is 11.3 Å². The molecule has 0 bridgehead atoms. The molecular weight excluding hydrogens is 522 g/mol. The summed E-state index contributed by atoms with van der Waals surface area (Å²) in [7, 11) is 0. The first-order valence-electron chi connectivity index (χ1n) is 14.8. The van der Waals surface area contributed by atoms with Gasteiger partial charge >= 0.3 is 0 Å². The van der Waals surface area contributed by atoms with Crippen molar-refractivity contribution >= 4 is 27.6 Å². The third kappa shape index (κ3) is 3.23. The van der Waals surface area contributed by atoms with Gasteiger partial charge in [0, 0.05) is 27.7 Å². The van der Waals surface area contributed by atoms with Crippen LogP contribution >= 0.6 is 0 Å². The van der Waals surface area contributed by atoms with Crippen molar-refractivity contribution in [2.24, 2.45) is 0 Å². The zero-order chi connectivity index (χ0) is 28.9. The summed E-state index contributed by atoms with van der Waals surface area (Å²) in [5.41, 5.74) is 16.1. The summed E-state index contributed by atoms with van der Waals surface area (Å²) in [6, 6.07) is 43.4. The minimum Gasteiger partial charge on any atom is -0.456 e. The van der Waals surface area contributed by atoms with Crippen molar-refractivity contribution < 1.29 is 4.42 Å². The fourth-order valence-electron chi connectivity index (χ4n) is 7.86. The van der Waals surface area contributed by atoms with Crippen molar-refractivity contribution in [2.75, 3.05) is 0 Å². The number of nitrogens with zero attached hydrogens (tertiary/aromatic N) is 1. The van der Waals surface area contributed by atoms with Gasteiger partial charge < -0.3 is 4.42 Å². The van der Waals surface area contributed by atoms with Gasteiger partial charge in [-0.3, -0.25) is 0 Å². The number of fused-ring (bicyclic) bond motifs is 10. The number of hydrogen-bond acceptors (Lipinski definition) is 1. The number of rotatable bonds is 2. The topological polar surface area (TPSA) is 17.5 Å². The lowest BCUT2D eigenvalue weighted by molar-refractivity contribution is 0.620. The molecule has 202 valence electrons. The molecule has 6 aromatic carbocycles. The molecular formula is C41H27NO. The normalized spacial score (nSPS) is 14.3. The van der Waals surface area contributed by atoms with E-state index in [0.29, 0.717) is 5.69 Å². The van der Waals surface area contributed by atoms with Crippen molar-refractivity contribution in [3.63, 3.8) is 0 Å². The molecule has 0 saturated carbocycles. The number of benzene rings is 6. The van der Waals surface area contributed by atoms with Gasteiger partial charge in [-0.1, -0.05) is 111 Å². The Labute approximate surface area is 250 Å². The molecule has 0 amide bonds. The van der Waals surface area contributed by atoms with Crippen molar-refractivity contribution in [1.82, 2.24) is 0 Å². The van der Waals surface area contributed by atoms with Crippen LogP contribution < -0.4 is 0 Å². The summed E-state index contributed by atoms with van der Waals surface area (Å²) >= 11 is 0. The predicted octanol–water partition coefficient (Wildman–Crippen LogP) is 11.3. The molecule has 0 radical (unpaired) electrons. The zero-order valence-corrected chi connectivity index (χ0v) is 24.0. The highest BCUT2D eigenvalue weighted by Crippen LogP contribution is 2.53. The van der Waals surface area contributed by atoms with E-state index in [9.17, 15) is 0 Å². The van der Waals surface area contributed by atoms with Gasteiger partial charge in [0.1, 0.15) is 11.2 Å². The van der Waals surface area contributed by atoms with E-state index in [1.165, 1.54) is 50.1 Å². The lowest BCUT2D eigenvalue weighted by atomic mass is 9.81. The summed E-state index contributed by atoms with van der Waals surface area (Å²) in [5, 5.41) is 2.24. The van der Waals surface area contributed by atoms with Crippen LogP contribution in [0, 0.1) is 6.57 Å². The Bertz CT molecular complexity index is 2300. The van der Waals surface area contributed by atoms with E-state index in [1.54, 1.807) is 0 Å². The molecule has 2 nitrogen and oxygen atoms in total.